The molecule has 2 N–H and O–H groups in total. The number of hydrogen-bond acceptors (Lipinski definition) is 4. The molecule has 0 saturated heterocycles. The molecule has 1 aliphatic heterocycles. The van der Waals surface area contributed by atoms with E-state index in [1.165, 1.54) is 17.3 Å². The van der Waals surface area contributed by atoms with E-state index >= 15 is 0 Å². The molecule has 1 aliphatic rings. The summed E-state index contributed by atoms with van der Waals surface area (Å²) in [6.45, 7) is 4.17. The van der Waals surface area contributed by atoms with E-state index in [4.69, 9.17) is 0 Å². The molecule has 3 rings (SSSR count). The molecule has 0 spiro atoms. The maximum absolute atomic E-state index is 12.7. The van der Waals surface area contributed by atoms with E-state index in [0.29, 0.717) is 17.0 Å². The molecule has 1 heterocycles. The van der Waals surface area contributed by atoms with Gasteiger partial charge in [0.25, 0.3) is 5.91 Å². The van der Waals surface area contributed by atoms with Gasteiger partial charge in [0.1, 0.15) is 0 Å². The second kappa shape index (κ2) is 8.93. The van der Waals surface area contributed by atoms with Crippen LogP contribution in [0.5, 0.6) is 0 Å². The maximum Gasteiger partial charge on any atom is 0.270 e. The number of thioether (sulfide) groups is 1. The highest BCUT2D eigenvalue weighted by atomic mass is 32.2. The van der Waals surface area contributed by atoms with Crippen LogP contribution in [0.15, 0.2) is 53.4 Å². The zero-order valence-electron chi connectivity index (χ0n) is 15.9. The van der Waals surface area contributed by atoms with Gasteiger partial charge in [0.05, 0.1) is 11.3 Å². The smallest absolute Gasteiger partial charge is 0.270 e. The number of carbonyl (C=O) groups is 3. The van der Waals surface area contributed by atoms with Gasteiger partial charge in [-0.05, 0) is 30.2 Å². The molecule has 0 aliphatic carbocycles. The monoisotopic (exact) mass is 397 g/mol. The van der Waals surface area contributed by atoms with Crippen molar-refractivity contribution in [2.45, 2.75) is 25.2 Å². The summed E-state index contributed by atoms with van der Waals surface area (Å²) in [5.41, 5.74) is 7.41. The van der Waals surface area contributed by atoms with Gasteiger partial charge in [-0.3, -0.25) is 25.2 Å². The first-order valence-electron chi connectivity index (χ1n) is 9.17. The summed E-state index contributed by atoms with van der Waals surface area (Å²) in [6, 6.07) is 15.0. The highest BCUT2D eigenvalue weighted by Crippen LogP contribution is 2.29. The number of fused-ring (bicyclic) bond motifs is 1. The lowest BCUT2D eigenvalue weighted by Crippen LogP contribution is -2.43. The normalized spacial score (nSPS) is 12.6. The topological polar surface area (TPSA) is 78.5 Å². The Morgan fingerprint density at radius 1 is 1.04 bits per heavy atom. The number of amides is 3. The van der Waals surface area contributed by atoms with Gasteiger partial charge < -0.3 is 4.90 Å². The van der Waals surface area contributed by atoms with Crippen LogP contribution in [-0.4, -0.2) is 30.0 Å². The summed E-state index contributed by atoms with van der Waals surface area (Å²) in [5.74, 6) is -0.654. The van der Waals surface area contributed by atoms with Crippen molar-refractivity contribution in [3.8, 4) is 0 Å². The third kappa shape index (κ3) is 4.54. The molecular formula is C21H23N3O3S. The van der Waals surface area contributed by atoms with Gasteiger partial charge in [0, 0.05) is 23.0 Å². The zero-order valence-corrected chi connectivity index (χ0v) is 16.7. The van der Waals surface area contributed by atoms with Crippen LogP contribution in [-0.2, 0) is 16.0 Å². The number of nitrogens with zero attached hydrogens (tertiary/aromatic N) is 1. The van der Waals surface area contributed by atoms with Gasteiger partial charge in [-0.1, -0.05) is 44.2 Å². The van der Waals surface area contributed by atoms with Crippen LogP contribution < -0.4 is 15.8 Å². The van der Waals surface area contributed by atoms with Crippen LogP contribution in [0, 0.1) is 5.92 Å². The Morgan fingerprint density at radius 3 is 2.54 bits per heavy atom. The highest BCUT2D eigenvalue weighted by Gasteiger charge is 2.24. The van der Waals surface area contributed by atoms with E-state index in [2.05, 4.69) is 10.9 Å². The van der Waals surface area contributed by atoms with Gasteiger partial charge in [0.15, 0.2) is 0 Å². The predicted molar refractivity (Wildman–Crippen MR) is 110 cm³/mol. The molecule has 0 aromatic heterocycles. The van der Waals surface area contributed by atoms with E-state index < -0.39 is 5.91 Å². The van der Waals surface area contributed by atoms with Crippen molar-refractivity contribution in [3.63, 3.8) is 0 Å². The molecular weight excluding hydrogens is 374 g/mol. The number of nitrogens with one attached hydrogen (secondary N) is 2. The number of hydrogen-bond donors (Lipinski definition) is 2. The van der Waals surface area contributed by atoms with E-state index in [9.17, 15) is 14.4 Å². The van der Waals surface area contributed by atoms with Crippen molar-refractivity contribution in [3.05, 3.63) is 59.7 Å². The van der Waals surface area contributed by atoms with Gasteiger partial charge in [-0.2, -0.15) is 0 Å². The van der Waals surface area contributed by atoms with Gasteiger partial charge in [-0.15, -0.1) is 11.8 Å². The molecule has 28 heavy (non-hydrogen) atoms. The molecule has 0 saturated carbocycles. The van der Waals surface area contributed by atoms with Crippen molar-refractivity contribution in [2.75, 3.05) is 17.2 Å². The fraction of sp³-hybridized carbons (Fsp3) is 0.286. The minimum Gasteiger partial charge on any atom is -0.311 e. The second-order valence-electron chi connectivity index (χ2n) is 6.81. The number of rotatable bonds is 5. The molecule has 0 unspecified atom stereocenters. The Balaban J connectivity index is 1.63. The molecule has 7 heteroatoms. The van der Waals surface area contributed by atoms with Crippen molar-refractivity contribution in [1.29, 1.82) is 0 Å². The molecule has 0 radical (unpaired) electrons. The largest absolute Gasteiger partial charge is 0.311 e. The Labute approximate surface area is 168 Å². The number of hydrazine groups is 1. The van der Waals surface area contributed by atoms with E-state index in [1.807, 2.05) is 30.3 Å². The van der Waals surface area contributed by atoms with Gasteiger partial charge >= 0.3 is 0 Å². The van der Waals surface area contributed by atoms with Crippen molar-refractivity contribution in [2.24, 2.45) is 5.92 Å². The number of anilines is 1. The molecule has 3 amide bonds. The minimum absolute atomic E-state index is 0.0123. The predicted octanol–water partition coefficient (Wildman–Crippen LogP) is 2.79. The zero-order chi connectivity index (χ0) is 20.1. The van der Waals surface area contributed by atoms with E-state index in [-0.39, 0.29) is 23.5 Å². The first kappa shape index (κ1) is 19.9. The van der Waals surface area contributed by atoms with Crippen LogP contribution in [0.1, 0.15) is 29.8 Å². The standard InChI is InChI=1S/C21H23N3O3S/c1-14(2)20(26)22-23-21(27)16-8-4-6-10-18(16)28-13-19(25)24-12-11-15-7-3-5-9-17(15)24/h3-10,14H,11-13H2,1-2H3,(H,22,26)(H,23,27). The van der Waals surface area contributed by atoms with Crippen molar-refractivity contribution < 1.29 is 14.4 Å². The summed E-state index contributed by atoms with van der Waals surface area (Å²) in [7, 11) is 0. The Morgan fingerprint density at radius 2 is 1.75 bits per heavy atom. The highest BCUT2D eigenvalue weighted by molar-refractivity contribution is 8.00. The fourth-order valence-electron chi connectivity index (χ4n) is 2.92. The van der Waals surface area contributed by atoms with E-state index in [1.54, 1.807) is 36.9 Å². The first-order chi connectivity index (χ1) is 13.5. The summed E-state index contributed by atoms with van der Waals surface area (Å²) >= 11 is 1.32. The first-order valence-corrected chi connectivity index (χ1v) is 10.2. The SMILES string of the molecule is CC(C)C(=O)NNC(=O)c1ccccc1SCC(=O)N1CCc2ccccc21. The summed E-state index contributed by atoms with van der Waals surface area (Å²) < 4.78 is 0. The number of carbonyl (C=O) groups excluding carboxylic acids is 3. The second-order valence-corrected chi connectivity index (χ2v) is 7.82. The van der Waals surface area contributed by atoms with Gasteiger partial charge in [-0.25, -0.2) is 0 Å². The lowest BCUT2D eigenvalue weighted by Gasteiger charge is -2.17. The Kier molecular flexibility index (Phi) is 6.36. The average molecular weight is 398 g/mol. The van der Waals surface area contributed by atoms with Gasteiger partial charge in [0.2, 0.25) is 11.8 Å². The molecule has 6 nitrogen and oxygen atoms in total. The Hall–Kier alpha value is -2.80. The minimum atomic E-state index is -0.406. The van der Waals surface area contributed by atoms with Crippen LogP contribution in [0.4, 0.5) is 5.69 Å². The molecule has 146 valence electrons. The van der Waals surface area contributed by atoms with Crippen LogP contribution in [0.3, 0.4) is 0 Å². The van der Waals surface area contributed by atoms with Crippen molar-refractivity contribution in [1.82, 2.24) is 10.9 Å². The maximum atomic E-state index is 12.7. The number of para-hydroxylation sites is 1. The van der Waals surface area contributed by atoms with Crippen LogP contribution in [0.2, 0.25) is 0 Å². The summed E-state index contributed by atoms with van der Waals surface area (Å²) in [6.07, 6.45) is 0.862. The lowest BCUT2D eigenvalue weighted by atomic mass is 10.2. The Bertz CT molecular complexity index is 898. The fourth-order valence-corrected chi connectivity index (χ4v) is 3.85. The quantitative estimate of drug-likeness (QED) is 0.601. The molecule has 2 aromatic rings. The lowest BCUT2D eigenvalue weighted by molar-refractivity contribution is -0.124. The molecule has 2 aromatic carbocycles. The van der Waals surface area contributed by atoms with E-state index in [0.717, 1.165) is 12.1 Å². The van der Waals surface area contributed by atoms with Crippen LogP contribution >= 0.6 is 11.8 Å². The molecule has 0 bridgehead atoms. The van der Waals surface area contributed by atoms with Crippen molar-refractivity contribution >= 4 is 35.2 Å². The molecule has 0 atom stereocenters. The third-order valence-corrected chi connectivity index (χ3v) is 5.55. The summed E-state index contributed by atoms with van der Waals surface area (Å²) in [5, 5.41) is 0. The molecule has 0 fully saturated rings. The number of benzene rings is 2. The van der Waals surface area contributed by atoms with Crippen LogP contribution in [0.25, 0.3) is 0 Å². The average Bonchev–Trinajstić information content (AvgIpc) is 3.14. The summed E-state index contributed by atoms with van der Waals surface area (Å²) in [4.78, 5) is 39.3. The third-order valence-electron chi connectivity index (χ3n) is 4.49.